The largest absolute Gasteiger partial charge is 0.488 e. The first-order chi connectivity index (χ1) is 20.5. The summed E-state index contributed by atoms with van der Waals surface area (Å²) in [7, 11) is 0. The van der Waals surface area contributed by atoms with E-state index >= 15 is 0 Å². The molecule has 1 aliphatic heterocycles. The molecule has 3 heteroatoms. The zero-order valence-corrected chi connectivity index (χ0v) is 24.5. The summed E-state index contributed by atoms with van der Waals surface area (Å²) in [6.45, 7) is 6.95. The number of anilines is 1. The van der Waals surface area contributed by atoms with Gasteiger partial charge in [-0.2, -0.15) is 0 Å². The predicted octanol–water partition coefficient (Wildman–Crippen LogP) is 9.92. The van der Waals surface area contributed by atoms with Crippen LogP contribution in [0, 0.1) is 26.7 Å². The second kappa shape index (κ2) is 11.0. The van der Waals surface area contributed by atoms with E-state index in [-0.39, 0.29) is 6.04 Å². The smallest absolute Gasteiger partial charge is 0.129 e. The Labute approximate surface area is 248 Å². The number of aryl methyl sites for hydroxylation is 3. The molecule has 0 fully saturated rings. The minimum absolute atomic E-state index is 0.279. The van der Waals surface area contributed by atoms with Crippen molar-refractivity contribution >= 4 is 28.4 Å². The Balaban J connectivity index is 1.15. The van der Waals surface area contributed by atoms with Gasteiger partial charge >= 0.3 is 0 Å². The molecule has 2 aliphatic rings. The van der Waals surface area contributed by atoms with Crippen LogP contribution in [-0.2, 0) is 6.61 Å². The molecule has 208 valence electrons. The minimum Gasteiger partial charge on any atom is -0.488 e. The van der Waals surface area contributed by atoms with Gasteiger partial charge in [0.25, 0.3) is 0 Å². The van der Waals surface area contributed by atoms with E-state index < -0.39 is 0 Å². The lowest BCUT2D eigenvalue weighted by molar-refractivity contribution is 0.306. The molecule has 1 heterocycles. The zero-order valence-electron chi connectivity index (χ0n) is 24.5. The van der Waals surface area contributed by atoms with Gasteiger partial charge in [-0.25, -0.2) is 0 Å². The second-order valence-corrected chi connectivity index (χ2v) is 11.9. The Morgan fingerprint density at radius 1 is 0.833 bits per heavy atom. The second-order valence-electron chi connectivity index (χ2n) is 11.9. The van der Waals surface area contributed by atoms with E-state index in [1.165, 1.54) is 44.5 Å². The van der Waals surface area contributed by atoms with Gasteiger partial charge in [-0.05, 0) is 84.8 Å². The van der Waals surface area contributed by atoms with Crippen molar-refractivity contribution < 1.29 is 4.74 Å². The van der Waals surface area contributed by atoms with E-state index in [0.717, 1.165) is 28.8 Å². The Morgan fingerprint density at radius 3 is 2.48 bits per heavy atom. The van der Waals surface area contributed by atoms with E-state index in [4.69, 9.17) is 9.73 Å². The highest BCUT2D eigenvalue weighted by molar-refractivity contribution is 6.03. The predicted molar refractivity (Wildman–Crippen MR) is 175 cm³/mol. The van der Waals surface area contributed by atoms with Crippen LogP contribution in [0.5, 0.6) is 5.75 Å². The van der Waals surface area contributed by atoms with Crippen LogP contribution in [0.4, 0.5) is 11.4 Å². The van der Waals surface area contributed by atoms with Crippen molar-refractivity contribution in [3.63, 3.8) is 0 Å². The number of aliphatic imine (C=N–C) groups is 1. The average molecular weight is 549 g/mol. The summed E-state index contributed by atoms with van der Waals surface area (Å²) in [5.41, 5.74) is 10.9. The molecule has 1 N–H and O–H groups in total. The van der Waals surface area contributed by atoms with E-state index in [0.29, 0.717) is 18.4 Å². The highest BCUT2D eigenvalue weighted by Gasteiger charge is 2.37. The number of ether oxygens (including phenoxy) is 1. The maximum Gasteiger partial charge on any atom is 0.129 e. The maximum atomic E-state index is 6.40. The molecule has 0 aromatic heterocycles. The van der Waals surface area contributed by atoms with Gasteiger partial charge in [-0.1, -0.05) is 102 Å². The number of rotatable bonds is 6. The Morgan fingerprint density at radius 2 is 1.64 bits per heavy atom. The number of fused-ring (bicyclic) bond motifs is 4. The summed E-state index contributed by atoms with van der Waals surface area (Å²) >= 11 is 0. The topological polar surface area (TPSA) is 33.6 Å². The molecular formula is C39H36N2O. The van der Waals surface area contributed by atoms with Gasteiger partial charge in [0, 0.05) is 23.4 Å². The molecule has 1 aliphatic carbocycles. The maximum absolute atomic E-state index is 6.40. The molecule has 7 rings (SSSR count). The SMILES string of the molecule is Cc1cc(C)cc(COc2ccc3ccccc3c2C=Nc2ccc([C@@H]3Nc4ccc(C)cc4[C@@H]4C=CC[C@H]43)cc2)c1. The van der Waals surface area contributed by atoms with Crippen molar-refractivity contribution in [2.24, 2.45) is 10.9 Å². The van der Waals surface area contributed by atoms with Crippen LogP contribution in [0.3, 0.4) is 0 Å². The van der Waals surface area contributed by atoms with Gasteiger partial charge in [0.2, 0.25) is 0 Å². The monoisotopic (exact) mass is 548 g/mol. The molecule has 5 aromatic rings. The standard InChI is InChI=1S/C39H36N2O/c1-25-11-17-37-35(22-25)33-9-6-10-34(33)39(41-37)30-12-15-31(16-13-30)40-23-36-32-8-5-4-7-29(32)14-18-38(36)42-24-28-20-26(2)19-27(3)21-28/h4-9,11-23,33-34,39,41H,10,24H2,1-3H3/t33-,34-,39+/m1/s1. The minimum atomic E-state index is 0.279. The number of nitrogens with zero attached hydrogens (tertiary/aromatic N) is 1. The first-order valence-corrected chi connectivity index (χ1v) is 14.9. The molecule has 42 heavy (non-hydrogen) atoms. The van der Waals surface area contributed by atoms with Crippen molar-refractivity contribution in [3.8, 4) is 5.75 Å². The Hall–Kier alpha value is -4.63. The first kappa shape index (κ1) is 26.3. The summed E-state index contributed by atoms with van der Waals surface area (Å²) in [6, 6.07) is 35.0. The fraction of sp³-hybridized carbons (Fsp3) is 0.205. The molecule has 0 bridgehead atoms. The van der Waals surface area contributed by atoms with Crippen LogP contribution in [0.2, 0.25) is 0 Å². The average Bonchev–Trinajstić information content (AvgIpc) is 3.49. The van der Waals surface area contributed by atoms with Gasteiger partial charge in [0.1, 0.15) is 12.4 Å². The molecular weight excluding hydrogens is 512 g/mol. The normalized spacial score (nSPS) is 19.1. The van der Waals surface area contributed by atoms with Gasteiger partial charge in [-0.15, -0.1) is 0 Å². The van der Waals surface area contributed by atoms with Crippen LogP contribution in [-0.4, -0.2) is 6.21 Å². The molecule has 0 spiro atoms. The number of benzene rings is 5. The van der Waals surface area contributed by atoms with Gasteiger partial charge in [0.15, 0.2) is 0 Å². The molecule has 0 amide bonds. The van der Waals surface area contributed by atoms with Crippen molar-refractivity contribution in [2.45, 2.75) is 45.8 Å². The highest BCUT2D eigenvalue weighted by atomic mass is 16.5. The Bertz CT molecular complexity index is 1810. The fourth-order valence-electron chi connectivity index (χ4n) is 6.80. The summed E-state index contributed by atoms with van der Waals surface area (Å²) in [6.07, 6.45) is 7.81. The molecule has 5 aromatic carbocycles. The zero-order chi connectivity index (χ0) is 28.6. The first-order valence-electron chi connectivity index (χ1n) is 14.9. The molecule has 3 atom stereocenters. The van der Waals surface area contributed by atoms with E-state index in [9.17, 15) is 0 Å². The fourth-order valence-corrected chi connectivity index (χ4v) is 6.80. The quantitative estimate of drug-likeness (QED) is 0.169. The Kier molecular flexibility index (Phi) is 6.87. The van der Waals surface area contributed by atoms with Crippen LogP contribution < -0.4 is 10.1 Å². The third kappa shape index (κ3) is 5.12. The van der Waals surface area contributed by atoms with Crippen LogP contribution in [0.25, 0.3) is 10.8 Å². The summed E-state index contributed by atoms with van der Waals surface area (Å²) < 4.78 is 6.40. The van der Waals surface area contributed by atoms with Gasteiger partial charge in [0.05, 0.1) is 11.7 Å². The van der Waals surface area contributed by atoms with E-state index in [2.05, 4.69) is 135 Å². The number of nitrogens with one attached hydrogen (secondary N) is 1. The van der Waals surface area contributed by atoms with Crippen LogP contribution >= 0.6 is 0 Å². The third-order valence-corrected chi connectivity index (χ3v) is 8.72. The summed E-state index contributed by atoms with van der Waals surface area (Å²) in [5.74, 6) is 1.84. The van der Waals surface area contributed by atoms with E-state index in [1.807, 2.05) is 6.21 Å². The molecule has 0 saturated heterocycles. The third-order valence-electron chi connectivity index (χ3n) is 8.72. The van der Waals surface area contributed by atoms with Gasteiger partial charge in [-0.3, -0.25) is 4.99 Å². The van der Waals surface area contributed by atoms with Crippen molar-refractivity contribution in [3.05, 3.63) is 148 Å². The lowest BCUT2D eigenvalue weighted by Crippen LogP contribution is -2.29. The summed E-state index contributed by atoms with van der Waals surface area (Å²) in [5, 5.41) is 6.16. The lowest BCUT2D eigenvalue weighted by Gasteiger charge is -2.37. The van der Waals surface area contributed by atoms with E-state index in [1.54, 1.807) is 0 Å². The molecule has 0 radical (unpaired) electrons. The molecule has 3 nitrogen and oxygen atoms in total. The summed E-state index contributed by atoms with van der Waals surface area (Å²) in [4.78, 5) is 4.93. The van der Waals surface area contributed by atoms with Crippen molar-refractivity contribution in [1.82, 2.24) is 0 Å². The highest BCUT2D eigenvalue weighted by Crippen LogP contribution is 2.50. The number of hydrogen-bond donors (Lipinski definition) is 1. The van der Waals surface area contributed by atoms with Gasteiger partial charge < -0.3 is 10.1 Å². The lowest BCUT2D eigenvalue weighted by atomic mass is 9.76. The van der Waals surface area contributed by atoms with Crippen LogP contribution in [0.1, 0.15) is 57.3 Å². The molecule has 0 unspecified atom stereocenters. The number of allylic oxidation sites excluding steroid dienone is 2. The molecule has 0 saturated carbocycles. The van der Waals surface area contributed by atoms with Crippen molar-refractivity contribution in [2.75, 3.05) is 5.32 Å². The number of hydrogen-bond acceptors (Lipinski definition) is 3. The van der Waals surface area contributed by atoms with Crippen LogP contribution in [0.15, 0.2) is 114 Å². The van der Waals surface area contributed by atoms with Crippen molar-refractivity contribution in [1.29, 1.82) is 0 Å².